The molecule has 156 valence electrons. The lowest BCUT2D eigenvalue weighted by molar-refractivity contribution is 0.297. The molecule has 0 unspecified atom stereocenters. The maximum atomic E-state index is 14.0. The average Bonchev–Trinajstić information content (AvgIpc) is 2.67. The lowest BCUT2D eigenvalue weighted by atomic mass is 10.2. The van der Waals surface area contributed by atoms with Crippen molar-refractivity contribution in [2.75, 3.05) is 0 Å². The second-order valence-electron chi connectivity index (χ2n) is 7.10. The topological polar surface area (TPSA) is 78.9 Å². The Morgan fingerprint density at radius 2 is 0.700 bits per heavy atom. The number of rotatable bonds is 3. The Bertz CT molecular complexity index is 1100. The molecular weight excluding hydrogens is 441 g/mol. The standard InChI is InChI=1S/C21H21O6P3/c1-16-10-4-7-13-19(16)28(22)25-29(23,20-14-8-5-11-17(20)2)27-30(24,26-28)21-15-9-6-12-18(21)3/h4-15H,1-3H3. The van der Waals surface area contributed by atoms with Crippen LogP contribution in [0, 0.1) is 20.8 Å². The molecule has 0 amide bonds. The summed E-state index contributed by atoms with van der Waals surface area (Å²) in [4.78, 5) is 0. The van der Waals surface area contributed by atoms with Gasteiger partial charge in [-0.15, -0.1) is 0 Å². The molecule has 1 aliphatic heterocycles. The molecule has 0 spiro atoms. The fourth-order valence-electron chi connectivity index (χ4n) is 3.35. The van der Waals surface area contributed by atoms with Crippen molar-refractivity contribution in [3.63, 3.8) is 0 Å². The summed E-state index contributed by atoms with van der Waals surface area (Å²) < 4.78 is 58.9. The van der Waals surface area contributed by atoms with Gasteiger partial charge in [0.05, 0.1) is 15.9 Å². The van der Waals surface area contributed by atoms with E-state index in [-0.39, 0.29) is 15.9 Å². The number of hydrogen-bond donors (Lipinski definition) is 0. The summed E-state index contributed by atoms with van der Waals surface area (Å²) >= 11 is 0. The molecule has 0 N–H and O–H groups in total. The predicted molar refractivity (Wildman–Crippen MR) is 119 cm³/mol. The van der Waals surface area contributed by atoms with Gasteiger partial charge in [-0.2, -0.15) is 0 Å². The van der Waals surface area contributed by atoms with Gasteiger partial charge in [0.25, 0.3) is 0 Å². The van der Waals surface area contributed by atoms with Gasteiger partial charge in [0, 0.05) is 0 Å². The van der Waals surface area contributed by atoms with E-state index in [2.05, 4.69) is 0 Å². The minimum atomic E-state index is -4.27. The summed E-state index contributed by atoms with van der Waals surface area (Å²) in [7, 11) is -12.8. The molecule has 0 radical (unpaired) electrons. The fourth-order valence-corrected chi connectivity index (χ4v) is 12.3. The van der Waals surface area contributed by atoms with Crippen molar-refractivity contribution >= 4 is 38.7 Å². The van der Waals surface area contributed by atoms with Crippen molar-refractivity contribution in [1.29, 1.82) is 0 Å². The summed E-state index contributed by atoms with van der Waals surface area (Å²) in [5.74, 6) is 0. The zero-order valence-electron chi connectivity index (χ0n) is 16.7. The molecular formula is C21H21O6P3. The minimum absolute atomic E-state index is 0.205. The second-order valence-corrected chi connectivity index (χ2v) is 13.5. The van der Waals surface area contributed by atoms with Gasteiger partial charge >= 0.3 is 22.8 Å². The molecule has 0 aromatic heterocycles. The van der Waals surface area contributed by atoms with E-state index in [1.807, 2.05) is 0 Å². The molecule has 4 rings (SSSR count). The van der Waals surface area contributed by atoms with E-state index < -0.39 is 22.8 Å². The van der Waals surface area contributed by atoms with Crippen LogP contribution >= 0.6 is 22.8 Å². The molecule has 1 fully saturated rings. The van der Waals surface area contributed by atoms with Crippen LogP contribution in [0.15, 0.2) is 72.8 Å². The summed E-state index contributed by atoms with van der Waals surface area (Å²) in [6, 6.07) is 20.2. The highest BCUT2D eigenvalue weighted by atomic mass is 31.3. The summed E-state index contributed by atoms with van der Waals surface area (Å²) in [6.45, 7) is 5.19. The third-order valence-corrected chi connectivity index (χ3v) is 13.3. The molecule has 6 nitrogen and oxygen atoms in total. The van der Waals surface area contributed by atoms with Crippen molar-refractivity contribution in [3.05, 3.63) is 89.5 Å². The highest BCUT2D eigenvalue weighted by Crippen LogP contribution is 2.81. The molecule has 0 atom stereocenters. The Kier molecular flexibility index (Phi) is 5.53. The molecule has 9 heteroatoms. The molecule has 0 saturated carbocycles. The van der Waals surface area contributed by atoms with Crippen molar-refractivity contribution < 1.29 is 26.6 Å². The van der Waals surface area contributed by atoms with Crippen LogP contribution in [0.5, 0.6) is 0 Å². The van der Waals surface area contributed by atoms with Gasteiger partial charge in [0.15, 0.2) is 0 Å². The van der Waals surface area contributed by atoms with Gasteiger partial charge in [-0.25, -0.2) is 12.9 Å². The Labute approximate surface area is 175 Å². The van der Waals surface area contributed by atoms with Crippen LogP contribution in [0.4, 0.5) is 0 Å². The molecule has 1 aliphatic rings. The Balaban J connectivity index is 1.97. The first-order valence-corrected chi connectivity index (χ1v) is 13.9. The molecule has 3 aromatic carbocycles. The van der Waals surface area contributed by atoms with Crippen LogP contribution in [-0.2, 0) is 26.6 Å². The normalized spacial score (nSPS) is 28.9. The first kappa shape index (κ1) is 21.5. The Hall–Kier alpha value is -1.77. The van der Waals surface area contributed by atoms with Gasteiger partial charge in [-0.3, -0.25) is 13.7 Å². The Morgan fingerprint density at radius 3 is 0.933 bits per heavy atom. The van der Waals surface area contributed by atoms with Crippen LogP contribution in [0.3, 0.4) is 0 Å². The van der Waals surface area contributed by atoms with Gasteiger partial charge in [0.1, 0.15) is 0 Å². The first-order chi connectivity index (χ1) is 14.2. The van der Waals surface area contributed by atoms with E-state index in [0.29, 0.717) is 16.7 Å². The maximum absolute atomic E-state index is 14.0. The van der Waals surface area contributed by atoms with Crippen LogP contribution in [0.1, 0.15) is 16.7 Å². The van der Waals surface area contributed by atoms with E-state index in [1.165, 1.54) is 0 Å². The summed E-state index contributed by atoms with van der Waals surface area (Å²) in [6.07, 6.45) is 0. The smallest absolute Gasteiger partial charge is 0.254 e. The third kappa shape index (κ3) is 3.69. The average molecular weight is 462 g/mol. The quantitative estimate of drug-likeness (QED) is 0.477. The second kappa shape index (κ2) is 7.73. The minimum Gasteiger partial charge on any atom is -0.254 e. The number of aryl methyl sites for hydroxylation is 3. The monoisotopic (exact) mass is 462 g/mol. The summed E-state index contributed by atoms with van der Waals surface area (Å²) in [5, 5.41) is 0.614. The van der Waals surface area contributed by atoms with Crippen molar-refractivity contribution in [2.24, 2.45) is 0 Å². The van der Waals surface area contributed by atoms with E-state index >= 15 is 0 Å². The molecule has 1 heterocycles. The first-order valence-electron chi connectivity index (χ1n) is 9.30. The van der Waals surface area contributed by atoms with Gasteiger partial charge in [-0.05, 0) is 55.7 Å². The highest BCUT2D eigenvalue weighted by Gasteiger charge is 2.56. The zero-order valence-corrected chi connectivity index (χ0v) is 19.4. The maximum Gasteiger partial charge on any atom is 0.376 e. The van der Waals surface area contributed by atoms with Crippen molar-refractivity contribution in [1.82, 2.24) is 0 Å². The van der Waals surface area contributed by atoms with Crippen LogP contribution in [-0.4, -0.2) is 0 Å². The lowest BCUT2D eigenvalue weighted by Crippen LogP contribution is -2.25. The number of hydrogen-bond acceptors (Lipinski definition) is 6. The van der Waals surface area contributed by atoms with Crippen molar-refractivity contribution in [3.8, 4) is 0 Å². The zero-order chi connectivity index (χ0) is 21.6. The van der Waals surface area contributed by atoms with E-state index in [1.54, 1.807) is 93.6 Å². The molecule has 3 aromatic rings. The van der Waals surface area contributed by atoms with Crippen molar-refractivity contribution in [2.45, 2.75) is 20.8 Å². The molecule has 1 saturated heterocycles. The summed E-state index contributed by atoms with van der Waals surface area (Å²) in [5.41, 5.74) is 1.82. The highest BCUT2D eigenvalue weighted by molar-refractivity contribution is 7.87. The molecule has 30 heavy (non-hydrogen) atoms. The predicted octanol–water partition coefficient (Wildman–Crippen LogP) is 5.53. The Morgan fingerprint density at radius 1 is 0.467 bits per heavy atom. The van der Waals surface area contributed by atoms with Crippen LogP contribution < -0.4 is 15.9 Å². The van der Waals surface area contributed by atoms with Gasteiger partial charge in [0.2, 0.25) is 0 Å². The number of benzene rings is 3. The molecule has 0 bridgehead atoms. The lowest BCUT2D eigenvalue weighted by Gasteiger charge is -2.35. The van der Waals surface area contributed by atoms with E-state index in [0.717, 1.165) is 0 Å². The third-order valence-electron chi connectivity index (χ3n) is 4.88. The van der Waals surface area contributed by atoms with Gasteiger partial charge < -0.3 is 0 Å². The van der Waals surface area contributed by atoms with E-state index in [4.69, 9.17) is 12.9 Å². The van der Waals surface area contributed by atoms with Gasteiger partial charge in [-0.1, -0.05) is 54.6 Å². The SMILES string of the molecule is Cc1ccccc1P1(=O)OP(=O)(c2ccccc2C)OP(=O)(c2ccccc2C)O1. The van der Waals surface area contributed by atoms with E-state index in [9.17, 15) is 13.7 Å². The van der Waals surface area contributed by atoms with Crippen LogP contribution in [0.2, 0.25) is 0 Å². The fraction of sp³-hybridized carbons (Fsp3) is 0.143. The largest absolute Gasteiger partial charge is 0.376 e. The van der Waals surface area contributed by atoms with Crippen LogP contribution in [0.25, 0.3) is 0 Å². The molecule has 0 aliphatic carbocycles.